The van der Waals surface area contributed by atoms with Crippen LogP contribution in [0.1, 0.15) is 31.4 Å². The maximum atomic E-state index is 12.6. The number of aliphatic hydroxyl groups excluding tert-OH is 1. The summed E-state index contributed by atoms with van der Waals surface area (Å²) in [6, 6.07) is 14.3. The van der Waals surface area contributed by atoms with E-state index in [0.717, 1.165) is 16.1 Å². The number of carboxylic acids is 1. The van der Waals surface area contributed by atoms with Crippen LogP contribution in [0, 0.1) is 5.92 Å². The van der Waals surface area contributed by atoms with Gasteiger partial charge >= 0.3 is 12.1 Å². The first-order valence-electron chi connectivity index (χ1n) is 9.85. The van der Waals surface area contributed by atoms with Crippen LogP contribution in [0.15, 0.2) is 65.2 Å². The van der Waals surface area contributed by atoms with Gasteiger partial charge in [-0.25, -0.2) is 9.59 Å². The van der Waals surface area contributed by atoms with Gasteiger partial charge in [0.1, 0.15) is 18.5 Å². The van der Waals surface area contributed by atoms with E-state index in [-0.39, 0.29) is 19.1 Å². The predicted octanol–water partition coefficient (Wildman–Crippen LogP) is 5.17. The highest BCUT2D eigenvalue weighted by molar-refractivity contribution is 9.10. The molecule has 2 atom stereocenters. The molecular weight excluding hydrogens is 466 g/mol. The fourth-order valence-corrected chi connectivity index (χ4v) is 3.21. The quantitative estimate of drug-likeness (QED) is 0.374. The Kier molecular flexibility index (Phi) is 10.1. The number of hydrogen-bond donors (Lipinski definition) is 3. The number of rotatable bonds is 11. The predicted molar refractivity (Wildman–Crippen MR) is 121 cm³/mol. The molecule has 166 valence electrons. The van der Waals surface area contributed by atoms with Crippen LogP contribution in [0.5, 0.6) is 5.75 Å². The average molecular weight is 492 g/mol. The van der Waals surface area contributed by atoms with Crippen LogP contribution >= 0.6 is 15.9 Å². The molecule has 1 amide bonds. The van der Waals surface area contributed by atoms with Crippen LogP contribution in [0.25, 0.3) is 0 Å². The van der Waals surface area contributed by atoms with Gasteiger partial charge in [0.15, 0.2) is 0 Å². The smallest absolute Gasteiger partial charge is 0.412 e. The average Bonchev–Trinajstić information content (AvgIpc) is 2.75. The van der Waals surface area contributed by atoms with Crippen LogP contribution in [0.3, 0.4) is 0 Å². The molecule has 31 heavy (non-hydrogen) atoms. The Morgan fingerprint density at radius 1 is 1.19 bits per heavy atom. The van der Waals surface area contributed by atoms with Crippen molar-refractivity contribution in [3.05, 3.63) is 70.7 Å². The lowest BCUT2D eigenvalue weighted by atomic mass is 9.93. The number of nitrogens with one attached hydrogen (secondary N) is 1. The Balaban J connectivity index is 2.15. The monoisotopic (exact) mass is 491 g/mol. The number of amides is 1. The fraction of sp³-hybridized carbons (Fsp3) is 0.304. The number of carbonyl (C=O) groups excluding carboxylic acids is 1. The third-order valence-electron chi connectivity index (χ3n) is 4.44. The molecule has 2 aromatic carbocycles. The SMILES string of the molecule is C[C@@H](CC/C=C/C(=O)O)[C@@H](OC(=O)Nc1ccc(Br)cc1)c1cccc(OCCO)c1. The van der Waals surface area contributed by atoms with E-state index in [9.17, 15) is 9.59 Å². The molecule has 0 aliphatic rings. The maximum Gasteiger partial charge on any atom is 0.412 e. The van der Waals surface area contributed by atoms with Gasteiger partial charge in [0.2, 0.25) is 0 Å². The van der Waals surface area contributed by atoms with Gasteiger partial charge in [-0.1, -0.05) is 41.1 Å². The molecule has 2 rings (SSSR count). The third kappa shape index (κ3) is 8.82. The summed E-state index contributed by atoms with van der Waals surface area (Å²) >= 11 is 3.35. The molecule has 0 saturated carbocycles. The molecule has 0 saturated heterocycles. The fourth-order valence-electron chi connectivity index (χ4n) is 2.95. The number of ether oxygens (including phenoxy) is 2. The van der Waals surface area contributed by atoms with Crippen molar-refractivity contribution in [2.45, 2.75) is 25.9 Å². The number of hydrogen-bond acceptors (Lipinski definition) is 5. The number of aliphatic hydroxyl groups is 1. The Morgan fingerprint density at radius 2 is 1.94 bits per heavy atom. The first kappa shape index (κ1) is 24.4. The van der Waals surface area contributed by atoms with Crippen molar-refractivity contribution in [2.75, 3.05) is 18.5 Å². The Labute approximate surface area is 189 Å². The first-order chi connectivity index (χ1) is 14.9. The summed E-state index contributed by atoms with van der Waals surface area (Å²) in [7, 11) is 0. The number of benzene rings is 2. The Hall–Kier alpha value is -2.84. The van der Waals surface area contributed by atoms with E-state index < -0.39 is 18.2 Å². The van der Waals surface area contributed by atoms with Crippen molar-refractivity contribution in [1.82, 2.24) is 0 Å². The van der Waals surface area contributed by atoms with Gasteiger partial charge in [-0.3, -0.25) is 5.32 Å². The van der Waals surface area contributed by atoms with Gasteiger partial charge < -0.3 is 19.7 Å². The van der Waals surface area contributed by atoms with Crippen LogP contribution in [0.4, 0.5) is 10.5 Å². The van der Waals surface area contributed by atoms with Crippen LogP contribution in [-0.2, 0) is 9.53 Å². The van der Waals surface area contributed by atoms with Crippen molar-refractivity contribution >= 4 is 33.7 Å². The van der Waals surface area contributed by atoms with Gasteiger partial charge in [0, 0.05) is 16.2 Å². The second-order valence-corrected chi connectivity index (χ2v) is 7.81. The number of carbonyl (C=O) groups is 2. The van der Waals surface area contributed by atoms with Crippen LogP contribution in [-0.4, -0.2) is 35.5 Å². The molecule has 0 aliphatic heterocycles. The minimum absolute atomic E-state index is 0.0952. The van der Waals surface area contributed by atoms with E-state index in [4.69, 9.17) is 19.7 Å². The van der Waals surface area contributed by atoms with Gasteiger partial charge in [-0.15, -0.1) is 0 Å². The van der Waals surface area contributed by atoms with Crippen molar-refractivity contribution < 1.29 is 29.3 Å². The molecule has 3 N–H and O–H groups in total. The molecule has 0 spiro atoms. The van der Waals surface area contributed by atoms with Gasteiger partial charge in [-0.2, -0.15) is 0 Å². The topological polar surface area (TPSA) is 105 Å². The minimum atomic E-state index is -0.997. The number of allylic oxidation sites excluding steroid dienone is 1. The highest BCUT2D eigenvalue weighted by Crippen LogP contribution is 2.32. The largest absolute Gasteiger partial charge is 0.491 e. The van der Waals surface area contributed by atoms with E-state index >= 15 is 0 Å². The number of aliphatic carboxylic acids is 1. The van der Waals surface area contributed by atoms with Crippen molar-refractivity contribution in [3.8, 4) is 5.75 Å². The number of carboxylic acid groups (broad SMARTS) is 1. The third-order valence-corrected chi connectivity index (χ3v) is 4.97. The molecule has 0 radical (unpaired) electrons. The molecular formula is C23H26BrNO6. The minimum Gasteiger partial charge on any atom is -0.491 e. The highest BCUT2D eigenvalue weighted by atomic mass is 79.9. The highest BCUT2D eigenvalue weighted by Gasteiger charge is 2.24. The molecule has 0 heterocycles. The van der Waals surface area contributed by atoms with Crippen molar-refractivity contribution in [2.24, 2.45) is 5.92 Å². The van der Waals surface area contributed by atoms with E-state index in [1.54, 1.807) is 36.4 Å². The van der Waals surface area contributed by atoms with Gasteiger partial charge in [-0.05, 0) is 60.7 Å². The Morgan fingerprint density at radius 3 is 2.61 bits per heavy atom. The lowest BCUT2D eigenvalue weighted by Crippen LogP contribution is -2.22. The molecule has 8 heteroatoms. The van der Waals surface area contributed by atoms with Crippen molar-refractivity contribution in [3.63, 3.8) is 0 Å². The summed E-state index contributed by atoms with van der Waals surface area (Å²) in [6.07, 6.45) is 2.66. The zero-order valence-electron chi connectivity index (χ0n) is 17.2. The zero-order chi connectivity index (χ0) is 22.6. The summed E-state index contributed by atoms with van der Waals surface area (Å²) < 4.78 is 12.1. The number of halogens is 1. The summed E-state index contributed by atoms with van der Waals surface area (Å²) in [5.41, 5.74) is 1.35. The molecule has 7 nitrogen and oxygen atoms in total. The summed E-state index contributed by atoms with van der Waals surface area (Å²) in [5.74, 6) is -0.531. The number of anilines is 1. The molecule has 0 unspecified atom stereocenters. The van der Waals surface area contributed by atoms with Crippen LogP contribution in [0.2, 0.25) is 0 Å². The Bertz CT molecular complexity index is 884. The van der Waals surface area contributed by atoms with E-state index in [2.05, 4.69) is 21.2 Å². The van der Waals surface area contributed by atoms with Gasteiger partial charge in [0.05, 0.1) is 6.61 Å². The molecule has 0 fully saturated rings. The van der Waals surface area contributed by atoms with E-state index in [0.29, 0.717) is 24.3 Å². The molecule has 2 aromatic rings. The lowest BCUT2D eigenvalue weighted by molar-refractivity contribution is -0.131. The summed E-state index contributed by atoms with van der Waals surface area (Å²) in [5, 5.41) is 20.4. The van der Waals surface area contributed by atoms with Crippen molar-refractivity contribution in [1.29, 1.82) is 0 Å². The van der Waals surface area contributed by atoms with Crippen LogP contribution < -0.4 is 10.1 Å². The maximum absolute atomic E-state index is 12.6. The standard InChI is InChI=1S/C23H26BrNO6/c1-16(5-2-3-8-21(27)28)22(17-6-4-7-20(15-17)30-14-13-26)31-23(29)25-19-11-9-18(24)10-12-19/h3-4,6-12,15-16,22,26H,2,5,13-14H2,1H3,(H,25,29)(H,27,28)/b8-3+/t16-,22+/m0/s1. The van der Waals surface area contributed by atoms with Gasteiger partial charge in [0.25, 0.3) is 0 Å². The molecule has 0 aromatic heterocycles. The summed E-state index contributed by atoms with van der Waals surface area (Å²) in [4.78, 5) is 23.2. The normalized spacial score (nSPS) is 12.9. The second kappa shape index (κ2) is 12.8. The lowest BCUT2D eigenvalue weighted by Gasteiger charge is -2.25. The molecule has 0 bridgehead atoms. The zero-order valence-corrected chi connectivity index (χ0v) is 18.7. The summed E-state index contributed by atoms with van der Waals surface area (Å²) in [6.45, 7) is 1.99. The second-order valence-electron chi connectivity index (χ2n) is 6.90. The molecule has 0 aliphatic carbocycles. The van der Waals surface area contributed by atoms with E-state index in [1.165, 1.54) is 0 Å². The van der Waals surface area contributed by atoms with E-state index in [1.807, 2.05) is 25.1 Å². The first-order valence-corrected chi connectivity index (χ1v) is 10.6.